The van der Waals surface area contributed by atoms with Crippen molar-refractivity contribution in [3.05, 3.63) is 35.9 Å². The van der Waals surface area contributed by atoms with Gasteiger partial charge in [-0.15, -0.1) is 0 Å². The number of ether oxygens (including phenoxy) is 1. The zero-order chi connectivity index (χ0) is 26.0. The van der Waals surface area contributed by atoms with E-state index in [1.165, 1.54) is 0 Å². The molecule has 0 radical (unpaired) electrons. The number of nitrogens with zero attached hydrogens (tertiary/aromatic N) is 1. The van der Waals surface area contributed by atoms with Crippen LogP contribution in [0.4, 0.5) is 13.2 Å². The topological polar surface area (TPSA) is 116 Å². The predicted molar refractivity (Wildman–Crippen MR) is 120 cm³/mol. The first-order chi connectivity index (χ1) is 16.5. The molecule has 1 aromatic carbocycles. The summed E-state index contributed by atoms with van der Waals surface area (Å²) in [5, 5.41) is 20.4. The van der Waals surface area contributed by atoms with E-state index in [2.05, 4.69) is 17.3 Å². The van der Waals surface area contributed by atoms with Crippen LogP contribution in [0.15, 0.2) is 30.3 Å². The van der Waals surface area contributed by atoms with Gasteiger partial charge >= 0.3 is 18.1 Å². The Hall–Kier alpha value is -2.66. The molecule has 1 amide bonds. The molecule has 2 saturated heterocycles. The third kappa shape index (κ3) is 9.14. The SMILES string of the molecule is CN1[C@H]2CC[C@@H]1[C@@H](C(=O)NCCCCCC(=O)OCc1ccccc1)[C@@H](O)C2.O=C(O)C(F)(F)F. The Labute approximate surface area is 202 Å². The van der Waals surface area contributed by atoms with Crippen LogP contribution >= 0.6 is 0 Å². The number of carboxylic acid groups (broad SMARTS) is 1. The number of aliphatic hydroxyl groups is 1. The van der Waals surface area contributed by atoms with Gasteiger partial charge in [-0.05, 0) is 44.7 Å². The number of alkyl halides is 3. The maximum atomic E-state index is 12.5. The standard InChI is InChI=1S/C22H32N2O4.C2HF3O2/c1-24-17-11-12-18(24)21(19(25)14-17)22(27)23-13-7-3-6-10-20(26)28-15-16-8-4-2-5-9-16;3-2(4,5)1(6)7/h2,4-5,8-9,17-19,21,25H,3,6-7,10-15H2,1H3,(H,23,27);(H,6,7)/t17-,18+,19-,21+;/m0./s1. The molecule has 2 heterocycles. The number of nitrogens with one attached hydrogen (secondary N) is 1. The van der Waals surface area contributed by atoms with Gasteiger partial charge in [-0.25, -0.2) is 4.79 Å². The van der Waals surface area contributed by atoms with Crippen LogP contribution in [0.25, 0.3) is 0 Å². The maximum absolute atomic E-state index is 12.5. The molecule has 35 heavy (non-hydrogen) atoms. The second kappa shape index (κ2) is 13.4. The van der Waals surface area contributed by atoms with E-state index in [9.17, 15) is 27.9 Å². The van der Waals surface area contributed by atoms with Crippen LogP contribution < -0.4 is 5.32 Å². The highest BCUT2D eigenvalue weighted by Gasteiger charge is 2.47. The summed E-state index contributed by atoms with van der Waals surface area (Å²) in [6.45, 7) is 0.900. The number of aliphatic hydroxyl groups excluding tert-OH is 1. The number of aliphatic carboxylic acids is 1. The fraction of sp³-hybridized carbons (Fsp3) is 0.625. The average Bonchev–Trinajstić information content (AvgIpc) is 3.04. The van der Waals surface area contributed by atoms with Gasteiger partial charge in [0.15, 0.2) is 0 Å². The van der Waals surface area contributed by atoms with Gasteiger partial charge in [0.2, 0.25) is 5.91 Å². The number of fused-ring (bicyclic) bond motifs is 2. The van der Waals surface area contributed by atoms with Crippen molar-refractivity contribution in [2.45, 2.75) is 75.9 Å². The normalized spacial score (nSPS) is 23.7. The van der Waals surface area contributed by atoms with E-state index >= 15 is 0 Å². The molecule has 4 atom stereocenters. The van der Waals surface area contributed by atoms with Crippen LogP contribution in [-0.4, -0.2) is 70.9 Å². The number of piperidine rings is 1. The fourth-order valence-electron chi connectivity index (χ4n) is 4.50. The molecule has 2 fully saturated rings. The number of unbranched alkanes of at least 4 members (excludes halogenated alkanes) is 2. The number of esters is 1. The number of rotatable bonds is 9. The molecule has 2 aliphatic heterocycles. The van der Waals surface area contributed by atoms with Crippen molar-refractivity contribution in [2.75, 3.05) is 13.6 Å². The number of hydrogen-bond donors (Lipinski definition) is 3. The molecular weight excluding hydrogens is 469 g/mol. The summed E-state index contributed by atoms with van der Waals surface area (Å²) in [5.41, 5.74) is 0.989. The van der Waals surface area contributed by atoms with E-state index in [0.29, 0.717) is 32.0 Å². The molecule has 11 heteroatoms. The minimum atomic E-state index is -5.08. The summed E-state index contributed by atoms with van der Waals surface area (Å²) in [6.07, 6.45) is -0.0323. The van der Waals surface area contributed by atoms with Crippen molar-refractivity contribution in [3.8, 4) is 0 Å². The van der Waals surface area contributed by atoms with Crippen LogP contribution in [0.3, 0.4) is 0 Å². The van der Waals surface area contributed by atoms with Crippen LogP contribution in [0.2, 0.25) is 0 Å². The molecule has 0 saturated carbocycles. The molecule has 0 aliphatic carbocycles. The van der Waals surface area contributed by atoms with Crippen molar-refractivity contribution in [2.24, 2.45) is 5.92 Å². The smallest absolute Gasteiger partial charge is 0.475 e. The van der Waals surface area contributed by atoms with Gasteiger partial charge in [0.1, 0.15) is 6.61 Å². The second-order valence-electron chi connectivity index (χ2n) is 8.84. The van der Waals surface area contributed by atoms with E-state index in [0.717, 1.165) is 37.7 Å². The Morgan fingerprint density at radius 3 is 2.40 bits per heavy atom. The lowest BCUT2D eigenvalue weighted by atomic mass is 9.87. The minimum absolute atomic E-state index is 0.0352. The lowest BCUT2D eigenvalue weighted by Gasteiger charge is -2.39. The van der Waals surface area contributed by atoms with Gasteiger partial charge in [-0.2, -0.15) is 13.2 Å². The summed E-state index contributed by atoms with van der Waals surface area (Å²) in [7, 11) is 2.06. The number of carboxylic acids is 1. The Kier molecular flexibility index (Phi) is 11.0. The molecule has 0 aromatic heterocycles. The van der Waals surface area contributed by atoms with E-state index in [1.54, 1.807) is 0 Å². The van der Waals surface area contributed by atoms with Crippen molar-refractivity contribution >= 4 is 17.8 Å². The van der Waals surface area contributed by atoms with Gasteiger partial charge in [0.25, 0.3) is 0 Å². The molecule has 1 aromatic rings. The third-order valence-electron chi connectivity index (χ3n) is 6.38. The number of hydrogen-bond acceptors (Lipinski definition) is 6. The molecule has 0 spiro atoms. The summed E-state index contributed by atoms with van der Waals surface area (Å²) in [6, 6.07) is 10.2. The lowest BCUT2D eigenvalue weighted by molar-refractivity contribution is -0.192. The number of carbonyl (C=O) groups excluding carboxylic acids is 2. The molecule has 3 rings (SSSR count). The monoisotopic (exact) mass is 502 g/mol. The highest BCUT2D eigenvalue weighted by atomic mass is 19.4. The minimum Gasteiger partial charge on any atom is -0.475 e. The Morgan fingerprint density at radius 1 is 1.11 bits per heavy atom. The van der Waals surface area contributed by atoms with Crippen molar-refractivity contribution in [3.63, 3.8) is 0 Å². The van der Waals surface area contributed by atoms with Crippen molar-refractivity contribution in [1.82, 2.24) is 10.2 Å². The quantitative estimate of drug-likeness (QED) is 0.351. The number of benzene rings is 1. The van der Waals surface area contributed by atoms with E-state index in [-0.39, 0.29) is 23.8 Å². The third-order valence-corrected chi connectivity index (χ3v) is 6.38. The largest absolute Gasteiger partial charge is 0.490 e. The highest BCUT2D eigenvalue weighted by Crippen LogP contribution is 2.38. The van der Waals surface area contributed by atoms with Gasteiger partial charge in [-0.3, -0.25) is 14.5 Å². The average molecular weight is 503 g/mol. The zero-order valence-electron chi connectivity index (χ0n) is 19.7. The Balaban J connectivity index is 0.000000540. The molecular formula is C24H33F3N2O6. The highest BCUT2D eigenvalue weighted by molar-refractivity contribution is 5.80. The van der Waals surface area contributed by atoms with E-state index < -0.39 is 18.2 Å². The molecule has 8 nitrogen and oxygen atoms in total. The van der Waals surface area contributed by atoms with Crippen molar-refractivity contribution in [1.29, 1.82) is 0 Å². The molecule has 2 bridgehead atoms. The second-order valence-corrected chi connectivity index (χ2v) is 8.84. The fourth-order valence-corrected chi connectivity index (χ4v) is 4.50. The van der Waals surface area contributed by atoms with Crippen LogP contribution in [0, 0.1) is 5.92 Å². The summed E-state index contributed by atoms with van der Waals surface area (Å²) in [4.78, 5) is 35.5. The molecule has 2 aliphatic rings. The Morgan fingerprint density at radius 2 is 1.77 bits per heavy atom. The van der Waals surface area contributed by atoms with Crippen LogP contribution in [-0.2, 0) is 25.7 Å². The number of carbonyl (C=O) groups is 3. The maximum Gasteiger partial charge on any atom is 0.490 e. The van der Waals surface area contributed by atoms with Crippen LogP contribution in [0.5, 0.6) is 0 Å². The first kappa shape index (κ1) is 28.6. The van der Waals surface area contributed by atoms with Gasteiger partial charge in [0, 0.05) is 25.0 Å². The van der Waals surface area contributed by atoms with Crippen LogP contribution in [0.1, 0.15) is 50.5 Å². The summed E-state index contributed by atoms with van der Waals surface area (Å²) in [5.74, 6) is -3.30. The van der Waals surface area contributed by atoms with E-state index in [4.69, 9.17) is 14.6 Å². The van der Waals surface area contributed by atoms with E-state index in [1.807, 2.05) is 30.3 Å². The lowest BCUT2D eigenvalue weighted by Crippen LogP contribution is -2.54. The molecule has 3 N–H and O–H groups in total. The van der Waals surface area contributed by atoms with Gasteiger partial charge in [-0.1, -0.05) is 36.8 Å². The number of halogens is 3. The summed E-state index contributed by atoms with van der Waals surface area (Å²) >= 11 is 0. The van der Waals surface area contributed by atoms with Gasteiger partial charge in [0.05, 0.1) is 12.0 Å². The number of amides is 1. The Bertz CT molecular complexity index is 836. The predicted octanol–water partition coefficient (Wildman–Crippen LogP) is 2.88. The molecule has 196 valence electrons. The molecule has 0 unspecified atom stereocenters. The zero-order valence-corrected chi connectivity index (χ0v) is 19.7. The van der Waals surface area contributed by atoms with Crippen molar-refractivity contribution < 1.29 is 42.5 Å². The van der Waals surface area contributed by atoms with Gasteiger partial charge < -0.3 is 20.3 Å². The first-order valence-corrected chi connectivity index (χ1v) is 11.7. The summed E-state index contributed by atoms with van der Waals surface area (Å²) < 4.78 is 37.0. The first-order valence-electron chi connectivity index (χ1n) is 11.7.